The molecule has 4 nitrogen and oxygen atoms in total. The summed E-state index contributed by atoms with van der Waals surface area (Å²) in [6.45, 7) is 0.0530. The fraction of sp³-hybridized carbons (Fsp3) is 0.143. The van der Waals surface area contributed by atoms with E-state index >= 15 is 0 Å². The molecule has 2 aromatic rings. The highest BCUT2D eigenvalue weighted by Gasteiger charge is 2.18. The summed E-state index contributed by atoms with van der Waals surface area (Å²) in [5.41, 5.74) is 1.68. The number of pyridine rings is 1. The molecule has 0 saturated carbocycles. The second kappa shape index (κ2) is 6.26. The molecule has 0 unspecified atom stereocenters. The van der Waals surface area contributed by atoms with Gasteiger partial charge in [0.15, 0.2) is 0 Å². The van der Waals surface area contributed by atoms with Gasteiger partial charge in [-0.1, -0.05) is 12.1 Å². The molecule has 1 N–H and O–H groups in total. The third kappa shape index (κ3) is 3.07. The van der Waals surface area contributed by atoms with Crippen LogP contribution in [-0.2, 0) is 9.53 Å². The van der Waals surface area contributed by atoms with Crippen LogP contribution in [0.2, 0.25) is 0 Å². The number of rotatable bonds is 5. The van der Waals surface area contributed by atoms with Crippen molar-refractivity contribution in [3.8, 4) is 0 Å². The summed E-state index contributed by atoms with van der Waals surface area (Å²) in [6, 6.07) is 7.42. The van der Waals surface area contributed by atoms with Crippen LogP contribution in [0.25, 0.3) is 5.57 Å². The molecule has 19 heavy (non-hydrogen) atoms. The topological polar surface area (TPSA) is 59.4 Å². The number of hydrogen-bond acceptors (Lipinski definition) is 4. The molecule has 98 valence electrons. The van der Waals surface area contributed by atoms with Gasteiger partial charge >= 0.3 is 5.97 Å². The predicted octanol–water partition coefficient (Wildman–Crippen LogP) is 2.68. The Balaban J connectivity index is 2.63. The van der Waals surface area contributed by atoms with E-state index in [1.165, 1.54) is 18.4 Å². The van der Waals surface area contributed by atoms with Crippen molar-refractivity contribution in [1.82, 2.24) is 4.98 Å². The Labute approximate surface area is 115 Å². The highest BCUT2D eigenvalue weighted by Crippen LogP contribution is 2.30. The van der Waals surface area contributed by atoms with E-state index in [0.29, 0.717) is 5.57 Å². The fourth-order valence-electron chi connectivity index (χ4n) is 1.78. The summed E-state index contributed by atoms with van der Waals surface area (Å²) < 4.78 is 5.01. The molecular formula is C14H13NO3S. The van der Waals surface area contributed by atoms with E-state index in [9.17, 15) is 9.90 Å². The largest absolute Gasteiger partial charge is 0.478 e. The fourth-order valence-corrected chi connectivity index (χ4v) is 2.60. The molecule has 0 amide bonds. The molecule has 0 aliphatic carbocycles. The maximum atomic E-state index is 11.4. The van der Waals surface area contributed by atoms with Gasteiger partial charge in [0.25, 0.3) is 0 Å². The van der Waals surface area contributed by atoms with Gasteiger partial charge in [-0.05, 0) is 17.5 Å². The predicted molar refractivity (Wildman–Crippen MR) is 74.1 cm³/mol. The number of carboxylic acids is 1. The molecule has 0 radical (unpaired) electrons. The summed E-state index contributed by atoms with van der Waals surface area (Å²) in [6.07, 6.45) is 3.32. The number of nitrogens with zero attached hydrogens (tertiary/aromatic N) is 1. The number of ether oxygens (including phenoxy) is 1. The molecule has 0 aliphatic heterocycles. The van der Waals surface area contributed by atoms with E-state index < -0.39 is 5.97 Å². The Morgan fingerprint density at radius 3 is 2.79 bits per heavy atom. The zero-order valence-corrected chi connectivity index (χ0v) is 11.2. The normalized spacial score (nSPS) is 12.1. The number of aliphatic carboxylic acids is 1. The van der Waals surface area contributed by atoms with Crippen LogP contribution in [0.15, 0.2) is 47.6 Å². The summed E-state index contributed by atoms with van der Waals surface area (Å²) in [5, 5.41) is 11.3. The lowest BCUT2D eigenvalue weighted by atomic mass is 10.00. The zero-order valence-electron chi connectivity index (χ0n) is 10.4. The van der Waals surface area contributed by atoms with Gasteiger partial charge in [-0.15, -0.1) is 11.3 Å². The molecule has 0 bridgehead atoms. The van der Waals surface area contributed by atoms with Crippen molar-refractivity contribution in [3.05, 3.63) is 58.1 Å². The van der Waals surface area contributed by atoms with E-state index in [1.807, 2.05) is 23.6 Å². The third-order valence-corrected chi connectivity index (χ3v) is 3.45. The van der Waals surface area contributed by atoms with Crippen LogP contribution in [0, 0.1) is 0 Å². The molecule has 0 atom stereocenters. The first-order valence-electron chi connectivity index (χ1n) is 5.63. The maximum Gasteiger partial charge on any atom is 0.334 e. The average Bonchev–Trinajstić information content (AvgIpc) is 2.93. The molecule has 0 aliphatic rings. The van der Waals surface area contributed by atoms with Crippen molar-refractivity contribution in [3.63, 3.8) is 0 Å². The minimum Gasteiger partial charge on any atom is -0.478 e. The summed E-state index contributed by atoms with van der Waals surface area (Å²) >= 11 is 1.49. The molecule has 5 heteroatoms. The smallest absolute Gasteiger partial charge is 0.334 e. The summed E-state index contributed by atoms with van der Waals surface area (Å²) in [4.78, 5) is 16.4. The van der Waals surface area contributed by atoms with Crippen LogP contribution in [0.4, 0.5) is 0 Å². The summed E-state index contributed by atoms with van der Waals surface area (Å²) in [5.74, 6) is -0.978. The van der Waals surface area contributed by atoms with Gasteiger partial charge in [0, 0.05) is 35.5 Å². The second-order valence-corrected chi connectivity index (χ2v) is 4.76. The Kier molecular flexibility index (Phi) is 4.43. The standard InChI is InChI=1S/C14H13NO3S/c1-18-9-11(14(16)17)13(12-5-3-7-19-12)10-4-2-6-15-8-10/h2-8H,9H2,1H3,(H,16,17)/b13-11+. The maximum absolute atomic E-state index is 11.4. The van der Waals surface area contributed by atoms with Gasteiger partial charge in [-0.25, -0.2) is 4.79 Å². The van der Waals surface area contributed by atoms with Gasteiger partial charge in [0.05, 0.1) is 12.2 Å². The van der Waals surface area contributed by atoms with E-state index in [0.717, 1.165) is 10.4 Å². The van der Waals surface area contributed by atoms with Gasteiger partial charge < -0.3 is 9.84 Å². The van der Waals surface area contributed by atoms with Crippen molar-refractivity contribution in [2.24, 2.45) is 0 Å². The Bertz CT molecular complexity index is 576. The molecule has 0 spiro atoms. The van der Waals surface area contributed by atoms with Gasteiger partial charge in [0.2, 0.25) is 0 Å². The van der Waals surface area contributed by atoms with Crippen molar-refractivity contribution >= 4 is 22.9 Å². The van der Waals surface area contributed by atoms with Crippen molar-refractivity contribution in [1.29, 1.82) is 0 Å². The summed E-state index contributed by atoms with van der Waals surface area (Å²) in [7, 11) is 1.48. The van der Waals surface area contributed by atoms with Crippen molar-refractivity contribution in [2.75, 3.05) is 13.7 Å². The molecular weight excluding hydrogens is 262 g/mol. The van der Waals surface area contributed by atoms with Crippen molar-refractivity contribution in [2.45, 2.75) is 0 Å². The van der Waals surface area contributed by atoms with Crippen LogP contribution in [0.5, 0.6) is 0 Å². The van der Waals surface area contributed by atoms with Gasteiger partial charge in [0.1, 0.15) is 0 Å². The molecule has 2 rings (SSSR count). The lowest BCUT2D eigenvalue weighted by Crippen LogP contribution is -2.10. The van der Waals surface area contributed by atoms with Crippen LogP contribution in [-0.4, -0.2) is 29.8 Å². The minimum absolute atomic E-state index is 0.0530. The number of carbonyl (C=O) groups is 1. The SMILES string of the molecule is COC/C(C(=O)O)=C(/c1cccnc1)c1cccs1. The van der Waals surface area contributed by atoms with Crippen molar-refractivity contribution < 1.29 is 14.6 Å². The molecule has 0 saturated heterocycles. The minimum atomic E-state index is -0.978. The number of methoxy groups -OCH3 is 1. The number of hydrogen-bond donors (Lipinski definition) is 1. The lowest BCUT2D eigenvalue weighted by molar-refractivity contribution is -0.133. The zero-order chi connectivity index (χ0) is 13.7. The average molecular weight is 275 g/mol. The van der Waals surface area contributed by atoms with E-state index in [2.05, 4.69) is 4.98 Å². The molecule has 0 fully saturated rings. The Hall–Kier alpha value is -1.98. The van der Waals surface area contributed by atoms with Gasteiger partial charge in [-0.2, -0.15) is 0 Å². The number of aromatic nitrogens is 1. The van der Waals surface area contributed by atoms with Crippen LogP contribution in [0.1, 0.15) is 10.4 Å². The van der Waals surface area contributed by atoms with E-state index in [4.69, 9.17) is 4.74 Å². The molecule has 2 aromatic heterocycles. The van der Waals surface area contributed by atoms with Crippen LogP contribution in [0.3, 0.4) is 0 Å². The Morgan fingerprint density at radius 1 is 1.42 bits per heavy atom. The third-order valence-electron chi connectivity index (χ3n) is 2.57. The lowest BCUT2D eigenvalue weighted by Gasteiger charge is -2.10. The van der Waals surface area contributed by atoms with Gasteiger partial charge in [-0.3, -0.25) is 4.98 Å². The molecule has 2 heterocycles. The molecule has 0 aromatic carbocycles. The first-order valence-corrected chi connectivity index (χ1v) is 6.51. The highest BCUT2D eigenvalue weighted by molar-refractivity contribution is 7.11. The first-order chi connectivity index (χ1) is 9.24. The number of carboxylic acid groups (broad SMARTS) is 1. The Morgan fingerprint density at radius 2 is 2.26 bits per heavy atom. The number of thiophene rings is 1. The van der Waals surface area contributed by atoms with Crippen LogP contribution < -0.4 is 0 Å². The first kappa shape index (κ1) is 13.5. The monoisotopic (exact) mass is 275 g/mol. The van der Waals surface area contributed by atoms with E-state index in [-0.39, 0.29) is 12.2 Å². The van der Waals surface area contributed by atoms with Crippen LogP contribution >= 0.6 is 11.3 Å². The quantitative estimate of drug-likeness (QED) is 0.852. The van der Waals surface area contributed by atoms with E-state index in [1.54, 1.807) is 18.5 Å². The second-order valence-electron chi connectivity index (χ2n) is 3.81. The highest BCUT2D eigenvalue weighted by atomic mass is 32.1.